The van der Waals surface area contributed by atoms with Crippen LogP contribution >= 0.6 is 0 Å². The number of phenols is 1. The molecule has 0 amide bonds. The van der Waals surface area contributed by atoms with Crippen molar-refractivity contribution in [3.8, 4) is 11.5 Å². The highest BCUT2D eigenvalue weighted by molar-refractivity contribution is 5.91. The van der Waals surface area contributed by atoms with Crippen molar-refractivity contribution in [1.29, 1.82) is 0 Å². The summed E-state index contributed by atoms with van der Waals surface area (Å²) in [5, 5.41) is 9.48. The zero-order valence-corrected chi connectivity index (χ0v) is 10.1. The molecule has 98 valence electrons. The average molecular weight is 254 g/mol. The minimum atomic E-state index is -0.721. The third kappa shape index (κ3) is 3.65. The number of phenolic OH excluding ortho intramolecular Hbond substituents is 1. The minimum absolute atomic E-state index is 0.123. The summed E-state index contributed by atoms with van der Waals surface area (Å²) in [7, 11) is 1.40. The monoisotopic (exact) mass is 254 g/mol. The number of benzene rings is 1. The highest BCUT2D eigenvalue weighted by Gasteiger charge is 2.13. The van der Waals surface area contributed by atoms with E-state index in [1.54, 1.807) is 6.92 Å². The summed E-state index contributed by atoms with van der Waals surface area (Å²) in [4.78, 5) is 22.5. The molecule has 0 atom stereocenters. The number of carbonyl (C=O) groups is 2. The van der Waals surface area contributed by atoms with E-state index in [2.05, 4.69) is 4.74 Å². The molecule has 0 bridgehead atoms. The molecule has 0 aliphatic rings. The predicted octanol–water partition coefficient (Wildman–Crippen LogP) is 1.12. The maximum absolute atomic E-state index is 11.5. The predicted molar refractivity (Wildman–Crippen MR) is 61.6 cm³/mol. The maximum Gasteiger partial charge on any atom is 0.344 e. The van der Waals surface area contributed by atoms with Crippen LogP contribution in [0, 0.1) is 0 Å². The van der Waals surface area contributed by atoms with E-state index in [0.717, 1.165) is 0 Å². The van der Waals surface area contributed by atoms with Crippen LogP contribution < -0.4 is 4.74 Å². The molecule has 0 spiro atoms. The molecule has 1 aromatic carbocycles. The van der Waals surface area contributed by atoms with Gasteiger partial charge < -0.3 is 19.3 Å². The fraction of sp³-hybridized carbons (Fsp3) is 0.333. The van der Waals surface area contributed by atoms with E-state index < -0.39 is 18.5 Å². The largest absolute Gasteiger partial charge is 0.504 e. The lowest BCUT2D eigenvalue weighted by molar-refractivity contribution is -0.146. The first-order valence-electron chi connectivity index (χ1n) is 5.28. The van der Waals surface area contributed by atoms with Gasteiger partial charge in [0.15, 0.2) is 18.1 Å². The van der Waals surface area contributed by atoms with Gasteiger partial charge in [0, 0.05) is 0 Å². The van der Waals surface area contributed by atoms with Crippen molar-refractivity contribution in [1.82, 2.24) is 0 Å². The van der Waals surface area contributed by atoms with Crippen molar-refractivity contribution >= 4 is 11.9 Å². The van der Waals surface area contributed by atoms with E-state index in [1.807, 2.05) is 0 Å². The maximum atomic E-state index is 11.5. The fourth-order valence-corrected chi connectivity index (χ4v) is 1.23. The van der Waals surface area contributed by atoms with Crippen LogP contribution in [0.2, 0.25) is 0 Å². The molecule has 0 radical (unpaired) electrons. The van der Waals surface area contributed by atoms with Crippen LogP contribution in [-0.4, -0.2) is 37.4 Å². The molecule has 0 saturated heterocycles. The Bertz CT molecular complexity index is 440. The number of ether oxygens (including phenoxy) is 3. The van der Waals surface area contributed by atoms with Gasteiger partial charge in [0.2, 0.25) is 0 Å². The zero-order valence-electron chi connectivity index (χ0n) is 10.1. The van der Waals surface area contributed by atoms with Crippen molar-refractivity contribution in [2.75, 3.05) is 20.3 Å². The lowest BCUT2D eigenvalue weighted by atomic mass is 10.2. The Morgan fingerprint density at radius 2 is 2.00 bits per heavy atom. The summed E-state index contributed by atoms with van der Waals surface area (Å²) >= 11 is 0. The van der Waals surface area contributed by atoms with Gasteiger partial charge in [-0.05, 0) is 25.1 Å². The van der Waals surface area contributed by atoms with Gasteiger partial charge in [0.1, 0.15) is 0 Å². The van der Waals surface area contributed by atoms with Crippen LogP contribution in [-0.2, 0) is 14.3 Å². The first-order valence-corrected chi connectivity index (χ1v) is 5.28. The quantitative estimate of drug-likeness (QED) is 0.793. The molecule has 6 heteroatoms. The second-order valence-corrected chi connectivity index (χ2v) is 3.27. The molecule has 0 aliphatic carbocycles. The van der Waals surface area contributed by atoms with Gasteiger partial charge in [-0.15, -0.1) is 0 Å². The summed E-state index contributed by atoms with van der Waals surface area (Å²) in [6.07, 6.45) is 0. The Hall–Kier alpha value is -2.24. The molecular formula is C12H14O6. The van der Waals surface area contributed by atoms with E-state index in [1.165, 1.54) is 25.3 Å². The molecule has 1 aromatic rings. The normalized spacial score (nSPS) is 9.67. The van der Waals surface area contributed by atoms with Crippen molar-refractivity contribution in [2.24, 2.45) is 0 Å². The molecule has 1 N–H and O–H groups in total. The van der Waals surface area contributed by atoms with Gasteiger partial charge in [-0.2, -0.15) is 0 Å². The van der Waals surface area contributed by atoms with Gasteiger partial charge in [-0.3, -0.25) is 0 Å². The van der Waals surface area contributed by atoms with E-state index in [0.29, 0.717) is 0 Å². The van der Waals surface area contributed by atoms with Crippen LogP contribution in [0.4, 0.5) is 0 Å². The molecule has 0 heterocycles. The molecule has 18 heavy (non-hydrogen) atoms. The fourth-order valence-electron chi connectivity index (χ4n) is 1.23. The van der Waals surface area contributed by atoms with Crippen molar-refractivity contribution in [2.45, 2.75) is 6.92 Å². The van der Waals surface area contributed by atoms with Gasteiger partial charge in [-0.1, -0.05) is 0 Å². The second kappa shape index (κ2) is 6.48. The van der Waals surface area contributed by atoms with Crippen molar-refractivity contribution in [3.63, 3.8) is 0 Å². The number of hydrogen-bond acceptors (Lipinski definition) is 6. The van der Waals surface area contributed by atoms with Crippen LogP contribution in [0.1, 0.15) is 17.3 Å². The molecule has 0 aliphatic heterocycles. The van der Waals surface area contributed by atoms with Crippen molar-refractivity contribution in [3.05, 3.63) is 23.8 Å². The molecule has 1 rings (SSSR count). The number of carbonyl (C=O) groups excluding carboxylic acids is 2. The molecule has 6 nitrogen and oxygen atoms in total. The summed E-state index contributed by atoms with van der Waals surface area (Å²) in [6, 6.07) is 4.05. The Labute approximate surface area is 104 Å². The standard InChI is InChI=1S/C12H14O6/c1-3-17-11(14)7-18-12(15)8-4-5-10(16-2)9(13)6-8/h4-6,13H,3,7H2,1-2H3. The van der Waals surface area contributed by atoms with Gasteiger partial charge in [-0.25, -0.2) is 9.59 Å². The lowest BCUT2D eigenvalue weighted by Gasteiger charge is -2.06. The number of esters is 2. The van der Waals surface area contributed by atoms with E-state index in [-0.39, 0.29) is 23.7 Å². The van der Waals surface area contributed by atoms with E-state index in [4.69, 9.17) is 9.47 Å². The summed E-state index contributed by atoms with van der Waals surface area (Å²) in [5.41, 5.74) is 0.123. The average Bonchev–Trinajstić information content (AvgIpc) is 2.36. The Morgan fingerprint density at radius 3 is 2.56 bits per heavy atom. The third-order valence-corrected chi connectivity index (χ3v) is 2.04. The zero-order chi connectivity index (χ0) is 13.5. The van der Waals surface area contributed by atoms with E-state index in [9.17, 15) is 14.7 Å². The summed E-state index contributed by atoms with van der Waals surface area (Å²) in [6.45, 7) is 1.42. The topological polar surface area (TPSA) is 82.1 Å². The van der Waals surface area contributed by atoms with Crippen LogP contribution in [0.25, 0.3) is 0 Å². The van der Waals surface area contributed by atoms with Crippen LogP contribution in [0.5, 0.6) is 11.5 Å². The SMILES string of the molecule is CCOC(=O)COC(=O)c1ccc(OC)c(O)c1. The summed E-state index contributed by atoms with van der Waals surface area (Å²) < 4.78 is 14.1. The molecule has 0 aromatic heterocycles. The Balaban J connectivity index is 2.62. The summed E-state index contributed by atoms with van der Waals surface area (Å²) in [5.74, 6) is -1.27. The first-order chi connectivity index (χ1) is 8.58. The second-order valence-electron chi connectivity index (χ2n) is 3.27. The van der Waals surface area contributed by atoms with Crippen LogP contribution in [0.15, 0.2) is 18.2 Å². The van der Waals surface area contributed by atoms with Gasteiger partial charge in [0.25, 0.3) is 0 Å². The highest BCUT2D eigenvalue weighted by atomic mass is 16.6. The lowest BCUT2D eigenvalue weighted by Crippen LogP contribution is -2.16. The molecule has 0 fully saturated rings. The number of hydrogen-bond donors (Lipinski definition) is 1. The number of methoxy groups -OCH3 is 1. The number of rotatable bonds is 5. The minimum Gasteiger partial charge on any atom is -0.504 e. The molecule has 0 unspecified atom stereocenters. The highest BCUT2D eigenvalue weighted by Crippen LogP contribution is 2.26. The molecular weight excluding hydrogens is 240 g/mol. The first kappa shape index (κ1) is 13.8. The third-order valence-electron chi connectivity index (χ3n) is 2.04. The van der Waals surface area contributed by atoms with Gasteiger partial charge >= 0.3 is 11.9 Å². The van der Waals surface area contributed by atoms with Crippen molar-refractivity contribution < 1.29 is 28.9 Å². The Kier molecular flexibility index (Phi) is 4.98. The number of aromatic hydroxyl groups is 1. The van der Waals surface area contributed by atoms with Gasteiger partial charge in [0.05, 0.1) is 19.3 Å². The smallest absolute Gasteiger partial charge is 0.344 e. The Morgan fingerprint density at radius 1 is 1.28 bits per heavy atom. The molecule has 0 saturated carbocycles. The van der Waals surface area contributed by atoms with Crippen LogP contribution in [0.3, 0.4) is 0 Å². The van der Waals surface area contributed by atoms with E-state index >= 15 is 0 Å².